The molecule has 0 radical (unpaired) electrons. The van der Waals surface area contributed by atoms with Crippen LogP contribution in [0.25, 0.3) is 22.3 Å². The van der Waals surface area contributed by atoms with E-state index in [1.165, 1.54) is 0 Å². The van der Waals surface area contributed by atoms with Gasteiger partial charge in [-0.2, -0.15) is 5.10 Å². The third kappa shape index (κ3) is 3.99. The normalized spacial score (nSPS) is 14.8. The Morgan fingerprint density at radius 3 is 2.55 bits per heavy atom. The fraction of sp³-hybridized carbons (Fsp3) is 0.364. The number of aromatic nitrogens is 3. The molecule has 29 heavy (non-hydrogen) atoms. The molecule has 4 rings (SSSR count). The van der Waals surface area contributed by atoms with Gasteiger partial charge in [0.25, 0.3) is 5.91 Å². The molecule has 0 spiro atoms. The summed E-state index contributed by atoms with van der Waals surface area (Å²) in [4.78, 5) is 29.9. The van der Waals surface area contributed by atoms with E-state index in [0.29, 0.717) is 22.3 Å². The zero-order valence-corrected chi connectivity index (χ0v) is 16.8. The Labute approximate surface area is 169 Å². The lowest BCUT2D eigenvalue weighted by molar-refractivity contribution is -0.129. The SMILES string of the molecule is CC(C)n1ncc2c(C(=O)O[C@H](C)C(=O)NC3CC3)cc(-c3ccccc3)nc21. The lowest BCUT2D eigenvalue weighted by Gasteiger charge is -2.14. The van der Waals surface area contributed by atoms with Gasteiger partial charge >= 0.3 is 5.97 Å². The van der Waals surface area contributed by atoms with Gasteiger partial charge in [0, 0.05) is 17.6 Å². The van der Waals surface area contributed by atoms with E-state index in [9.17, 15) is 9.59 Å². The number of amides is 1. The standard InChI is InChI=1S/C22H24N4O3/c1-13(2)26-20-18(12-23-26)17(11-19(25-20)15-7-5-4-6-8-15)22(28)29-14(3)21(27)24-16-9-10-16/h4-8,11-14,16H,9-10H2,1-3H3,(H,24,27)/t14-/m1/s1. The van der Waals surface area contributed by atoms with E-state index in [1.807, 2.05) is 44.2 Å². The molecule has 7 nitrogen and oxygen atoms in total. The van der Waals surface area contributed by atoms with Crippen LogP contribution < -0.4 is 5.32 Å². The van der Waals surface area contributed by atoms with Gasteiger partial charge < -0.3 is 10.1 Å². The number of nitrogens with zero attached hydrogens (tertiary/aromatic N) is 3. The number of fused-ring (bicyclic) bond motifs is 1. The van der Waals surface area contributed by atoms with Crippen LogP contribution in [0, 0.1) is 0 Å². The minimum Gasteiger partial charge on any atom is -0.449 e. The van der Waals surface area contributed by atoms with Crippen LogP contribution >= 0.6 is 0 Å². The first-order valence-corrected chi connectivity index (χ1v) is 9.89. The molecule has 1 N–H and O–H groups in total. The van der Waals surface area contributed by atoms with Gasteiger partial charge in [-0.1, -0.05) is 30.3 Å². The summed E-state index contributed by atoms with van der Waals surface area (Å²) in [6, 6.07) is 11.6. The first-order valence-electron chi connectivity index (χ1n) is 9.89. The second-order valence-corrected chi connectivity index (χ2v) is 7.67. The van der Waals surface area contributed by atoms with Gasteiger partial charge in [0.2, 0.25) is 0 Å². The number of benzene rings is 1. The van der Waals surface area contributed by atoms with Crippen LogP contribution in [0.3, 0.4) is 0 Å². The van der Waals surface area contributed by atoms with Gasteiger partial charge in [-0.25, -0.2) is 14.5 Å². The molecule has 1 aromatic carbocycles. The fourth-order valence-corrected chi connectivity index (χ4v) is 3.15. The van der Waals surface area contributed by atoms with Crippen molar-refractivity contribution in [3.8, 4) is 11.3 Å². The maximum Gasteiger partial charge on any atom is 0.339 e. The molecule has 3 aromatic rings. The minimum absolute atomic E-state index is 0.0816. The predicted molar refractivity (Wildman–Crippen MR) is 109 cm³/mol. The molecule has 1 fully saturated rings. The van der Waals surface area contributed by atoms with Gasteiger partial charge in [0.15, 0.2) is 11.8 Å². The van der Waals surface area contributed by atoms with Crippen LogP contribution in [0.5, 0.6) is 0 Å². The van der Waals surface area contributed by atoms with E-state index in [1.54, 1.807) is 23.9 Å². The molecule has 7 heteroatoms. The summed E-state index contributed by atoms with van der Waals surface area (Å²) in [6.07, 6.45) is 2.72. The van der Waals surface area contributed by atoms with Gasteiger partial charge in [-0.3, -0.25) is 4.79 Å². The van der Waals surface area contributed by atoms with Crippen LogP contribution in [0.4, 0.5) is 0 Å². The Morgan fingerprint density at radius 2 is 1.90 bits per heavy atom. The number of nitrogens with one attached hydrogen (secondary N) is 1. The molecule has 1 amide bonds. The zero-order valence-electron chi connectivity index (χ0n) is 16.8. The Morgan fingerprint density at radius 1 is 1.17 bits per heavy atom. The number of carbonyl (C=O) groups is 2. The topological polar surface area (TPSA) is 86.1 Å². The number of pyridine rings is 1. The van der Waals surface area contributed by atoms with Crippen LogP contribution in [0.2, 0.25) is 0 Å². The summed E-state index contributed by atoms with van der Waals surface area (Å²) in [6.45, 7) is 5.60. The zero-order chi connectivity index (χ0) is 20.5. The third-order valence-electron chi connectivity index (χ3n) is 4.92. The summed E-state index contributed by atoms with van der Waals surface area (Å²) in [5.41, 5.74) is 2.51. The number of rotatable bonds is 6. The first kappa shape index (κ1) is 19.1. The van der Waals surface area contributed by atoms with Gasteiger partial charge in [-0.05, 0) is 39.7 Å². The molecule has 1 atom stereocenters. The van der Waals surface area contributed by atoms with E-state index in [0.717, 1.165) is 18.4 Å². The van der Waals surface area contributed by atoms with Gasteiger partial charge in [0.05, 0.1) is 22.8 Å². The van der Waals surface area contributed by atoms with E-state index in [-0.39, 0.29) is 18.0 Å². The summed E-state index contributed by atoms with van der Waals surface area (Å²) >= 11 is 0. The van der Waals surface area contributed by atoms with E-state index in [2.05, 4.69) is 10.4 Å². The second kappa shape index (κ2) is 7.66. The highest BCUT2D eigenvalue weighted by Crippen LogP contribution is 2.27. The number of hydrogen-bond acceptors (Lipinski definition) is 5. The Hall–Kier alpha value is -3.22. The number of carbonyl (C=O) groups excluding carboxylic acids is 2. The Kier molecular flexibility index (Phi) is 5.05. The number of esters is 1. The second-order valence-electron chi connectivity index (χ2n) is 7.67. The van der Waals surface area contributed by atoms with Crippen molar-refractivity contribution >= 4 is 22.9 Å². The fourth-order valence-electron chi connectivity index (χ4n) is 3.15. The molecule has 2 heterocycles. The summed E-state index contributed by atoms with van der Waals surface area (Å²) in [7, 11) is 0. The highest BCUT2D eigenvalue weighted by atomic mass is 16.5. The van der Waals surface area contributed by atoms with Crippen LogP contribution in [0.1, 0.15) is 50.0 Å². The smallest absolute Gasteiger partial charge is 0.339 e. The molecule has 1 aliphatic rings. The van der Waals surface area contributed by atoms with Crippen molar-refractivity contribution in [2.24, 2.45) is 0 Å². The third-order valence-corrected chi connectivity index (χ3v) is 4.92. The lowest BCUT2D eigenvalue weighted by atomic mass is 10.1. The number of hydrogen-bond donors (Lipinski definition) is 1. The minimum atomic E-state index is -0.869. The van der Waals surface area contributed by atoms with Gasteiger partial charge in [-0.15, -0.1) is 0 Å². The van der Waals surface area contributed by atoms with E-state index in [4.69, 9.17) is 9.72 Å². The van der Waals surface area contributed by atoms with E-state index >= 15 is 0 Å². The van der Waals surface area contributed by atoms with Crippen molar-refractivity contribution in [2.45, 2.75) is 51.8 Å². The van der Waals surface area contributed by atoms with Crippen molar-refractivity contribution in [3.05, 3.63) is 48.2 Å². The molecule has 0 unspecified atom stereocenters. The molecule has 0 aliphatic heterocycles. The van der Waals surface area contributed by atoms with Crippen molar-refractivity contribution < 1.29 is 14.3 Å². The maximum atomic E-state index is 13.0. The lowest BCUT2D eigenvalue weighted by Crippen LogP contribution is -2.37. The van der Waals surface area contributed by atoms with Crippen LogP contribution in [0.15, 0.2) is 42.6 Å². The summed E-state index contributed by atoms with van der Waals surface area (Å²) in [5.74, 6) is -0.830. The highest BCUT2D eigenvalue weighted by Gasteiger charge is 2.28. The molecule has 0 saturated heterocycles. The molecule has 1 saturated carbocycles. The maximum absolute atomic E-state index is 13.0. The highest BCUT2D eigenvalue weighted by molar-refractivity contribution is 6.04. The molecular formula is C22H24N4O3. The van der Waals surface area contributed by atoms with Crippen molar-refractivity contribution in [1.82, 2.24) is 20.1 Å². The Balaban J connectivity index is 1.71. The summed E-state index contributed by atoms with van der Waals surface area (Å²) in [5, 5.41) is 7.87. The Bertz CT molecular complexity index is 1050. The molecule has 150 valence electrons. The van der Waals surface area contributed by atoms with Crippen LogP contribution in [-0.4, -0.2) is 38.8 Å². The van der Waals surface area contributed by atoms with Crippen molar-refractivity contribution in [2.75, 3.05) is 0 Å². The van der Waals surface area contributed by atoms with E-state index < -0.39 is 12.1 Å². The average molecular weight is 392 g/mol. The van der Waals surface area contributed by atoms with Gasteiger partial charge in [0.1, 0.15) is 0 Å². The quantitative estimate of drug-likeness (QED) is 0.649. The first-order chi connectivity index (χ1) is 13.9. The summed E-state index contributed by atoms with van der Waals surface area (Å²) < 4.78 is 7.26. The molecular weight excluding hydrogens is 368 g/mol. The average Bonchev–Trinajstić information content (AvgIpc) is 3.42. The molecule has 0 bridgehead atoms. The van der Waals surface area contributed by atoms with Crippen molar-refractivity contribution in [1.29, 1.82) is 0 Å². The van der Waals surface area contributed by atoms with Crippen molar-refractivity contribution in [3.63, 3.8) is 0 Å². The molecule has 1 aliphatic carbocycles. The monoisotopic (exact) mass is 392 g/mol. The largest absolute Gasteiger partial charge is 0.449 e. The predicted octanol–water partition coefficient (Wildman–Crippen LogP) is 3.50. The number of ether oxygens (including phenoxy) is 1. The van der Waals surface area contributed by atoms with Crippen LogP contribution in [-0.2, 0) is 9.53 Å². The molecule has 2 aromatic heterocycles.